The molecule has 0 fully saturated rings. The Morgan fingerprint density at radius 3 is 2.62 bits per heavy atom. The molecule has 0 aliphatic rings. The number of anilines is 1. The molecule has 1 amide bonds. The van der Waals surface area contributed by atoms with Gasteiger partial charge in [0.15, 0.2) is 12.7 Å². The van der Waals surface area contributed by atoms with Crippen LogP contribution in [0.3, 0.4) is 0 Å². The van der Waals surface area contributed by atoms with E-state index in [9.17, 15) is 9.59 Å². The number of hydrogen-bond acceptors (Lipinski definition) is 6. The molecular weight excluding hydrogens is 352 g/mol. The Hall–Kier alpha value is -2.98. The molecule has 26 heavy (non-hydrogen) atoms. The standard InChI is InChI=1S/C19H18N2O4S/c1-13-10-16(26-12-20)8-9-17(13)21-18(22)11-24-19(23)14(2)25-15-6-4-3-5-7-15/h3-10,14H,11H2,1-2H3,(H,21,22)/t14-/m0/s1. The van der Waals surface area contributed by atoms with Gasteiger partial charge >= 0.3 is 5.97 Å². The fourth-order valence-corrected chi connectivity index (χ4v) is 2.56. The Balaban J connectivity index is 1.82. The van der Waals surface area contributed by atoms with Crippen molar-refractivity contribution < 1.29 is 19.1 Å². The Labute approximate surface area is 156 Å². The molecule has 0 saturated heterocycles. The van der Waals surface area contributed by atoms with Gasteiger partial charge in [-0.05, 0) is 61.5 Å². The highest BCUT2D eigenvalue weighted by molar-refractivity contribution is 8.03. The van der Waals surface area contributed by atoms with E-state index in [0.29, 0.717) is 11.4 Å². The molecule has 2 rings (SSSR count). The van der Waals surface area contributed by atoms with E-state index in [4.69, 9.17) is 14.7 Å². The third-order valence-electron chi connectivity index (χ3n) is 3.37. The molecule has 0 unspecified atom stereocenters. The molecule has 0 aromatic heterocycles. The van der Waals surface area contributed by atoms with Crippen molar-refractivity contribution in [3.63, 3.8) is 0 Å². The van der Waals surface area contributed by atoms with E-state index in [1.165, 1.54) is 0 Å². The van der Waals surface area contributed by atoms with E-state index in [-0.39, 0.29) is 0 Å². The van der Waals surface area contributed by atoms with Gasteiger partial charge in [-0.25, -0.2) is 4.79 Å². The maximum absolute atomic E-state index is 12.0. The summed E-state index contributed by atoms with van der Waals surface area (Å²) >= 11 is 1.04. The van der Waals surface area contributed by atoms with E-state index in [2.05, 4.69) is 5.32 Å². The van der Waals surface area contributed by atoms with E-state index in [0.717, 1.165) is 22.2 Å². The first kappa shape index (κ1) is 19.3. The van der Waals surface area contributed by atoms with Crippen LogP contribution in [0.15, 0.2) is 53.4 Å². The van der Waals surface area contributed by atoms with Crippen molar-refractivity contribution in [2.75, 3.05) is 11.9 Å². The zero-order valence-electron chi connectivity index (χ0n) is 14.4. The number of ether oxygens (including phenoxy) is 2. The molecule has 2 aromatic rings. The Kier molecular flexibility index (Phi) is 7.06. The first-order valence-electron chi connectivity index (χ1n) is 7.84. The number of rotatable bonds is 7. The lowest BCUT2D eigenvalue weighted by atomic mass is 10.2. The van der Waals surface area contributed by atoms with E-state index < -0.39 is 24.6 Å². The van der Waals surface area contributed by atoms with Crippen molar-refractivity contribution in [3.8, 4) is 11.2 Å². The number of hydrogen-bond donors (Lipinski definition) is 1. The lowest BCUT2D eigenvalue weighted by Crippen LogP contribution is -2.29. The van der Waals surface area contributed by atoms with Gasteiger partial charge in [-0.1, -0.05) is 18.2 Å². The van der Waals surface area contributed by atoms with E-state index in [1.54, 1.807) is 49.4 Å². The third kappa shape index (κ3) is 5.83. The summed E-state index contributed by atoms with van der Waals surface area (Å²) < 4.78 is 10.4. The van der Waals surface area contributed by atoms with Crippen LogP contribution in [0.5, 0.6) is 5.75 Å². The van der Waals surface area contributed by atoms with Gasteiger partial charge in [0.25, 0.3) is 5.91 Å². The number of carbonyl (C=O) groups is 2. The molecule has 1 N–H and O–H groups in total. The van der Waals surface area contributed by atoms with Gasteiger partial charge < -0.3 is 14.8 Å². The van der Waals surface area contributed by atoms with Crippen molar-refractivity contribution in [2.45, 2.75) is 24.8 Å². The van der Waals surface area contributed by atoms with Crippen molar-refractivity contribution in [3.05, 3.63) is 54.1 Å². The molecule has 0 aliphatic heterocycles. The molecule has 0 aliphatic carbocycles. The van der Waals surface area contributed by atoms with Gasteiger partial charge in [0.1, 0.15) is 11.2 Å². The lowest BCUT2D eigenvalue weighted by molar-refractivity contribution is -0.153. The lowest BCUT2D eigenvalue weighted by Gasteiger charge is -2.14. The predicted octanol–water partition coefficient (Wildman–Crippen LogP) is 3.52. The first-order valence-corrected chi connectivity index (χ1v) is 8.66. The number of nitrogens with one attached hydrogen (secondary N) is 1. The number of amides is 1. The van der Waals surface area contributed by atoms with Gasteiger partial charge in [-0.3, -0.25) is 4.79 Å². The number of benzene rings is 2. The number of nitriles is 1. The van der Waals surface area contributed by atoms with E-state index in [1.807, 2.05) is 18.4 Å². The summed E-state index contributed by atoms with van der Waals surface area (Å²) in [6.07, 6.45) is -0.825. The van der Waals surface area contributed by atoms with Crippen LogP contribution in [-0.2, 0) is 14.3 Å². The highest BCUT2D eigenvalue weighted by Crippen LogP contribution is 2.23. The Morgan fingerprint density at radius 2 is 1.96 bits per heavy atom. The quantitative estimate of drug-likeness (QED) is 0.456. The fourth-order valence-electron chi connectivity index (χ4n) is 2.08. The molecule has 0 spiro atoms. The summed E-state index contributed by atoms with van der Waals surface area (Å²) in [5.74, 6) is -0.525. The van der Waals surface area contributed by atoms with Crippen molar-refractivity contribution >= 4 is 29.3 Å². The Bertz CT molecular complexity index is 818. The number of thiocyanates is 1. The zero-order valence-corrected chi connectivity index (χ0v) is 15.2. The summed E-state index contributed by atoms with van der Waals surface area (Å²) in [6.45, 7) is 2.97. The van der Waals surface area contributed by atoms with Crippen molar-refractivity contribution in [2.24, 2.45) is 0 Å². The second kappa shape index (κ2) is 9.49. The highest BCUT2D eigenvalue weighted by atomic mass is 32.2. The molecule has 6 nitrogen and oxygen atoms in total. The van der Waals surface area contributed by atoms with Gasteiger partial charge in [-0.15, -0.1) is 0 Å². The van der Waals surface area contributed by atoms with Crippen LogP contribution < -0.4 is 10.1 Å². The van der Waals surface area contributed by atoms with Crippen LogP contribution >= 0.6 is 11.8 Å². The van der Waals surface area contributed by atoms with Gasteiger partial charge in [0.05, 0.1) is 0 Å². The summed E-state index contributed by atoms with van der Waals surface area (Å²) in [5, 5.41) is 13.3. The second-order valence-electron chi connectivity index (χ2n) is 5.40. The van der Waals surface area contributed by atoms with Crippen LogP contribution in [0.4, 0.5) is 5.69 Å². The molecule has 0 saturated carbocycles. The van der Waals surface area contributed by atoms with Crippen molar-refractivity contribution in [1.82, 2.24) is 0 Å². The molecule has 1 atom stereocenters. The van der Waals surface area contributed by atoms with Crippen LogP contribution in [0.1, 0.15) is 12.5 Å². The van der Waals surface area contributed by atoms with Crippen LogP contribution in [-0.4, -0.2) is 24.6 Å². The van der Waals surface area contributed by atoms with Crippen LogP contribution in [0, 0.1) is 17.6 Å². The molecule has 2 aromatic carbocycles. The summed E-state index contributed by atoms with van der Waals surface area (Å²) in [5.41, 5.74) is 1.41. The van der Waals surface area contributed by atoms with Crippen molar-refractivity contribution in [1.29, 1.82) is 5.26 Å². The summed E-state index contributed by atoms with van der Waals surface area (Å²) in [7, 11) is 0. The minimum Gasteiger partial charge on any atom is -0.479 e. The zero-order chi connectivity index (χ0) is 18.9. The van der Waals surface area contributed by atoms with Gasteiger partial charge in [0.2, 0.25) is 0 Å². The Morgan fingerprint density at radius 1 is 1.23 bits per heavy atom. The molecule has 7 heteroatoms. The largest absolute Gasteiger partial charge is 0.479 e. The predicted molar refractivity (Wildman–Crippen MR) is 98.8 cm³/mol. The smallest absolute Gasteiger partial charge is 0.347 e. The first-order chi connectivity index (χ1) is 12.5. The highest BCUT2D eigenvalue weighted by Gasteiger charge is 2.18. The number of thioether (sulfide) groups is 1. The topological polar surface area (TPSA) is 88.4 Å². The second-order valence-corrected chi connectivity index (χ2v) is 6.26. The molecule has 0 heterocycles. The van der Waals surface area contributed by atoms with Gasteiger partial charge in [-0.2, -0.15) is 5.26 Å². The molecule has 0 radical (unpaired) electrons. The normalized spacial score (nSPS) is 11.1. The molecular formula is C19H18N2O4S. The maximum atomic E-state index is 12.0. The monoisotopic (exact) mass is 370 g/mol. The number of aryl methyl sites for hydroxylation is 1. The van der Waals surface area contributed by atoms with Crippen LogP contribution in [0.25, 0.3) is 0 Å². The third-order valence-corrected chi connectivity index (χ3v) is 3.95. The number of esters is 1. The number of carbonyl (C=O) groups excluding carboxylic acids is 2. The summed E-state index contributed by atoms with van der Waals surface area (Å²) in [4.78, 5) is 24.7. The number of nitrogens with zero attached hydrogens (tertiary/aromatic N) is 1. The van der Waals surface area contributed by atoms with Crippen LogP contribution in [0.2, 0.25) is 0 Å². The maximum Gasteiger partial charge on any atom is 0.347 e. The summed E-state index contributed by atoms with van der Waals surface area (Å²) in [6, 6.07) is 14.1. The average Bonchev–Trinajstić information content (AvgIpc) is 2.63. The van der Waals surface area contributed by atoms with Gasteiger partial charge in [0, 0.05) is 10.6 Å². The van der Waals surface area contributed by atoms with E-state index >= 15 is 0 Å². The molecule has 134 valence electrons. The molecule has 0 bridgehead atoms. The minimum atomic E-state index is -0.825. The minimum absolute atomic E-state index is 0.407. The number of para-hydroxylation sites is 1. The average molecular weight is 370 g/mol. The fraction of sp³-hybridized carbons (Fsp3) is 0.211. The SMILES string of the molecule is Cc1cc(SC#N)ccc1NC(=O)COC(=O)[C@H](C)Oc1ccccc1.